The summed E-state index contributed by atoms with van der Waals surface area (Å²) in [6.07, 6.45) is 0. The van der Waals surface area contributed by atoms with Crippen LogP contribution in [0.3, 0.4) is 0 Å². The fourth-order valence-electron chi connectivity index (χ4n) is 3.59. The standard InChI is InChI=1S/C24H24NOS2/c1-5-25(18(4)26)19-14-16(2)17(3)15-24(19)28-22-12-8-6-10-20(22)27-21-11-7-9-13-23(21)28/h6-15H,5H2,1-4H3/q+1. The van der Waals surface area contributed by atoms with Gasteiger partial charge in [-0.15, -0.1) is 0 Å². The molecule has 0 N–H and O–H groups in total. The van der Waals surface area contributed by atoms with Gasteiger partial charge in [-0.3, -0.25) is 4.79 Å². The molecule has 0 fully saturated rings. The molecular weight excluding hydrogens is 382 g/mol. The summed E-state index contributed by atoms with van der Waals surface area (Å²) in [6, 6.07) is 21.8. The van der Waals surface area contributed by atoms with E-state index in [0.29, 0.717) is 6.54 Å². The van der Waals surface area contributed by atoms with Crippen LogP contribution in [0.1, 0.15) is 25.0 Å². The van der Waals surface area contributed by atoms with Crippen LogP contribution in [0.4, 0.5) is 5.69 Å². The van der Waals surface area contributed by atoms with Gasteiger partial charge in [0.15, 0.2) is 14.7 Å². The maximum atomic E-state index is 12.4. The maximum absolute atomic E-state index is 12.4. The van der Waals surface area contributed by atoms with E-state index in [1.165, 1.54) is 35.6 Å². The van der Waals surface area contributed by atoms with E-state index in [9.17, 15) is 4.79 Å². The molecule has 0 aromatic heterocycles. The second kappa shape index (κ2) is 7.69. The molecule has 0 saturated heterocycles. The first-order valence-electron chi connectivity index (χ1n) is 9.50. The summed E-state index contributed by atoms with van der Waals surface area (Å²) in [4.78, 5) is 20.9. The van der Waals surface area contributed by atoms with Crippen LogP contribution in [0.15, 0.2) is 85.1 Å². The number of benzene rings is 3. The van der Waals surface area contributed by atoms with Crippen molar-refractivity contribution >= 4 is 34.3 Å². The smallest absolute Gasteiger partial charge is 0.223 e. The zero-order valence-electron chi connectivity index (χ0n) is 16.7. The molecule has 4 rings (SSSR count). The highest BCUT2D eigenvalue weighted by molar-refractivity contribution is 8.04. The van der Waals surface area contributed by atoms with E-state index in [1.807, 2.05) is 23.6 Å². The van der Waals surface area contributed by atoms with Crippen LogP contribution in [-0.2, 0) is 15.7 Å². The number of amides is 1. The lowest BCUT2D eigenvalue weighted by Crippen LogP contribution is -2.30. The molecule has 28 heavy (non-hydrogen) atoms. The van der Waals surface area contributed by atoms with Gasteiger partial charge in [0.05, 0.1) is 9.79 Å². The lowest BCUT2D eigenvalue weighted by atomic mass is 10.1. The zero-order valence-corrected chi connectivity index (χ0v) is 18.3. The van der Waals surface area contributed by atoms with Crippen LogP contribution in [0, 0.1) is 13.8 Å². The molecular formula is C24H24NOS2+. The number of fused-ring (bicyclic) bond motifs is 2. The highest BCUT2D eigenvalue weighted by Gasteiger charge is 2.40. The highest BCUT2D eigenvalue weighted by atomic mass is 32.2. The topological polar surface area (TPSA) is 20.3 Å². The van der Waals surface area contributed by atoms with Gasteiger partial charge in [0, 0.05) is 13.5 Å². The largest absolute Gasteiger partial charge is 0.308 e. The van der Waals surface area contributed by atoms with Crippen molar-refractivity contribution in [2.45, 2.75) is 52.2 Å². The number of anilines is 1. The fourth-order valence-corrected chi connectivity index (χ4v) is 7.56. The molecule has 3 aromatic rings. The summed E-state index contributed by atoms with van der Waals surface area (Å²) in [5.41, 5.74) is 3.52. The predicted octanol–water partition coefficient (Wildman–Crippen LogP) is 6.24. The summed E-state index contributed by atoms with van der Waals surface area (Å²) >= 11 is 1.84. The van der Waals surface area contributed by atoms with Gasteiger partial charge in [-0.2, -0.15) is 0 Å². The van der Waals surface area contributed by atoms with Crippen molar-refractivity contribution in [2.24, 2.45) is 0 Å². The number of aryl methyl sites for hydroxylation is 2. The van der Waals surface area contributed by atoms with Crippen LogP contribution in [0.25, 0.3) is 0 Å². The van der Waals surface area contributed by atoms with Crippen molar-refractivity contribution in [3.05, 3.63) is 71.8 Å². The Morgan fingerprint density at radius 3 is 1.96 bits per heavy atom. The Balaban J connectivity index is 2.02. The molecule has 0 radical (unpaired) electrons. The number of carbonyl (C=O) groups is 1. The minimum Gasteiger partial charge on any atom is -0.308 e. The Kier molecular flexibility index (Phi) is 5.26. The number of carbonyl (C=O) groups excluding carboxylic acids is 1. The Bertz CT molecular complexity index is 1010. The second-order valence-electron chi connectivity index (χ2n) is 6.97. The van der Waals surface area contributed by atoms with Crippen molar-refractivity contribution in [1.82, 2.24) is 0 Å². The SMILES string of the molecule is CCN(C(C)=O)c1cc(C)c(C)cc1[S+]1c2ccccc2Sc2ccccc21. The maximum Gasteiger partial charge on any atom is 0.223 e. The molecule has 1 aliphatic rings. The molecule has 0 spiro atoms. The van der Waals surface area contributed by atoms with E-state index in [2.05, 4.69) is 74.5 Å². The number of hydrogen-bond donors (Lipinski definition) is 0. The van der Waals surface area contributed by atoms with E-state index < -0.39 is 0 Å². The van der Waals surface area contributed by atoms with Crippen LogP contribution in [0.2, 0.25) is 0 Å². The third-order valence-electron chi connectivity index (χ3n) is 5.14. The van der Waals surface area contributed by atoms with E-state index in [0.717, 1.165) is 5.69 Å². The molecule has 1 heterocycles. The molecule has 0 aliphatic carbocycles. The minimum atomic E-state index is -0.241. The van der Waals surface area contributed by atoms with Gasteiger partial charge >= 0.3 is 0 Å². The van der Waals surface area contributed by atoms with E-state index in [1.54, 1.807) is 6.92 Å². The monoisotopic (exact) mass is 406 g/mol. The molecule has 142 valence electrons. The summed E-state index contributed by atoms with van der Waals surface area (Å²) in [5.74, 6) is 0.0866. The number of nitrogens with zero attached hydrogens (tertiary/aromatic N) is 1. The molecule has 4 heteroatoms. The van der Waals surface area contributed by atoms with Crippen LogP contribution in [0.5, 0.6) is 0 Å². The van der Waals surface area contributed by atoms with Gasteiger partial charge in [0.25, 0.3) is 0 Å². The van der Waals surface area contributed by atoms with Crippen LogP contribution < -0.4 is 4.90 Å². The average molecular weight is 407 g/mol. The first kappa shape index (κ1) is 19.2. The van der Waals surface area contributed by atoms with Crippen molar-refractivity contribution in [1.29, 1.82) is 0 Å². The Hall–Kier alpha value is -2.17. The van der Waals surface area contributed by atoms with Gasteiger partial charge < -0.3 is 4.90 Å². The average Bonchev–Trinajstić information content (AvgIpc) is 2.69. The lowest BCUT2D eigenvalue weighted by molar-refractivity contribution is -0.116. The van der Waals surface area contributed by atoms with Crippen molar-refractivity contribution in [2.75, 3.05) is 11.4 Å². The summed E-state index contributed by atoms with van der Waals surface area (Å²) in [7, 11) is -0.241. The molecule has 1 amide bonds. The van der Waals surface area contributed by atoms with Crippen molar-refractivity contribution < 1.29 is 4.79 Å². The number of hydrogen-bond acceptors (Lipinski definition) is 2. The molecule has 0 atom stereocenters. The number of rotatable bonds is 3. The Morgan fingerprint density at radius 2 is 1.43 bits per heavy atom. The third kappa shape index (κ3) is 3.25. The Morgan fingerprint density at radius 1 is 0.893 bits per heavy atom. The first-order chi connectivity index (χ1) is 13.5. The summed E-state index contributed by atoms with van der Waals surface area (Å²) in [5, 5.41) is 0. The second-order valence-corrected chi connectivity index (χ2v) is 9.98. The summed E-state index contributed by atoms with van der Waals surface area (Å²) in [6.45, 7) is 8.65. The van der Waals surface area contributed by atoms with Gasteiger partial charge in [0.1, 0.15) is 16.6 Å². The first-order valence-corrected chi connectivity index (χ1v) is 11.5. The highest BCUT2D eigenvalue weighted by Crippen LogP contribution is 2.50. The van der Waals surface area contributed by atoms with Gasteiger partial charge in [-0.1, -0.05) is 36.0 Å². The van der Waals surface area contributed by atoms with E-state index >= 15 is 0 Å². The van der Waals surface area contributed by atoms with Crippen LogP contribution >= 0.6 is 11.8 Å². The normalized spacial score (nSPS) is 13.0. The van der Waals surface area contributed by atoms with Crippen molar-refractivity contribution in [3.63, 3.8) is 0 Å². The zero-order chi connectivity index (χ0) is 19.8. The van der Waals surface area contributed by atoms with E-state index in [-0.39, 0.29) is 16.8 Å². The van der Waals surface area contributed by atoms with E-state index in [4.69, 9.17) is 0 Å². The quantitative estimate of drug-likeness (QED) is 0.376. The summed E-state index contributed by atoms with van der Waals surface area (Å²) < 4.78 is 0. The van der Waals surface area contributed by atoms with Gasteiger partial charge in [0.2, 0.25) is 5.91 Å². The lowest BCUT2D eigenvalue weighted by Gasteiger charge is -2.25. The predicted molar refractivity (Wildman–Crippen MR) is 119 cm³/mol. The third-order valence-corrected chi connectivity index (χ3v) is 8.91. The van der Waals surface area contributed by atoms with Gasteiger partial charge in [-0.25, -0.2) is 0 Å². The molecule has 0 saturated carbocycles. The minimum absolute atomic E-state index is 0.0866. The Labute approximate surface area is 174 Å². The molecule has 3 aromatic carbocycles. The molecule has 0 unspecified atom stereocenters. The fraction of sp³-hybridized carbons (Fsp3) is 0.208. The van der Waals surface area contributed by atoms with Crippen LogP contribution in [-0.4, -0.2) is 12.5 Å². The molecule has 0 bridgehead atoms. The molecule has 1 aliphatic heterocycles. The van der Waals surface area contributed by atoms with Gasteiger partial charge in [-0.05, 0) is 68.3 Å². The molecule has 2 nitrogen and oxygen atoms in total. The van der Waals surface area contributed by atoms with Crippen molar-refractivity contribution in [3.8, 4) is 0 Å².